The van der Waals surface area contributed by atoms with Gasteiger partial charge in [-0.1, -0.05) is 35.3 Å². The topological polar surface area (TPSA) is 40.6 Å². The molecule has 0 radical (unpaired) electrons. The molecule has 1 unspecified atom stereocenters. The Morgan fingerprint density at radius 2 is 1.88 bits per heavy atom. The van der Waals surface area contributed by atoms with E-state index in [-0.39, 0.29) is 24.2 Å². The highest BCUT2D eigenvalue weighted by molar-refractivity contribution is 6.35. The molecule has 26 heavy (non-hydrogen) atoms. The Morgan fingerprint density at radius 3 is 2.50 bits per heavy atom. The van der Waals surface area contributed by atoms with Gasteiger partial charge in [-0.25, -0.2) is 0 Å². The number of rotatable bonds is 4. The Hall–Kier alpha value is -2.04. The lowest BCUT2D eigenvalue weighted by atomic mass is 10.1. The van der Waals surface area contributed by atoms with Crippen molar-refractivity contribution in [2.75, 3.05) is 22.9 Å². The first-order chi connectivity index (χ1) is 12.4. The van der Waals surface area contributed by atoms with Gasteiger partial charge >= 0.3 is 0 Å². The van der Waals surface area contributed by atoms with Gasteiger partial charge in [0.15, 0.2) is 0 Å². The van der Waals surface area contributed by atoms with Crippen LogP contribution in [0.5, 0.6) is 0 Å². The molecular formula is C20H20Cl2N2O2. The lowest BCUT2D eigenvalue weighted by Gasteiger charge is -2.25. The Kier molecular flexibility index (Phi) is 5.54. The molecule has 0 N–H and O–H groups in total. The maximum atomic E-state index is 13.0. The summed E-state index contributed by atoms with van der Waals surface area (Å²) in [4.78, 5) is 28.8. The van der Waals surface area contributed by atoms with E-state index in [1.54, 1.807) is 28.0 Å². The van der Waals surface area contributed by atoms with Gasteiger partial charge in [0.1, 0.15) is 0 Å². The highest BCUT2D eigenvalue weighted by atomic mass is 35.5. The second-order valence-electron chi connectivity index (χ2n) is 6.45. The van der Waals surface area contributed by atoms with E-state index in [0.717, 1.165) is 11.3 Å². The van der Waals surface area contributed by atoms with Gasteiger partial charge < -0.3 is 9.80 Å². The van der Waals surface area contributed by atoms with Crippen LogP contribution < -0.4 is 9.80 Å². The molecule has 2 aromatic rings. The summed E-state index contributed by atoms with van der Waals surface area (Å²) in [5.74, 6) is -0.523. The molecule has 136 valence electrons. The number of hydrogen-bond acceptors (Lipinski definition) is 2. The van der Waals surface area contributed by atoms with Crippen molar-refractivity contribution in [1.82, 2.24) is 0 Å². The fourth-order valence-corrected chi connectivity index (χ4v) is 3.81. The number of carbonyl (C=O) groups excluding carboxylic acids is 2. The molecule has 1 fully saturated rings. The summed E-state index contributed by atoms with van der Waals surface area (Å²) in [6.07, 6.45) is 0.186. The smallest absolute Gasteiger partial charge is 0.232 e. The van der Waals surface area contributed by atoms with Gasteiger partial charge in [-0.15, -0.1) is 0 Å². The van der Waals surface area contributed by atoms with E-state index < -0.39 is 0 Å². The van der Waals surface area contributed by atoms with Crippen LogP contribution in [0.1, 0.15) is 18.9 Å². The van der Waals surface area contributed by atoms with Crippen molar-refractivity contribution >= 4 is 46.4 Å². The molecule has 1 heterocycles. The van der Waals surface area contributed by atoms with E-state index in [9.17, 15) is 9.59 Å². The van der Waals surface area contributed by atoms with Crippen LogP contribution in [0.25, 0.3) is 0 Å². The van der Waals surface area contributed by atoms with Crippen LogP contribution in [0, 0.1) is 12.8 Å². The largest absolute Gasteiger partial charge is 0.312 e. The summed E-state index contributed by atoms with van der Waals surface area (Å²) < 4.78 is 0. The van der Waals surface area contributed by atoms with Gasteiger partial charge in [0.2, 0.25) is 11.8 Å². The lowest BCUT2D eigenvalue weighted by molar-refractivity contribution is -0.124. The number of anilines is 2. The predicted octanol–water partition coefficient (Wildman–Crippen LogP) is 4.71. The number of nitrogens with zero attached hydrogens (tertiary/aromatic N) is 2. The molecule has 1 aliphatic heterocycles. The van der Waals surface area contributed by atoms with Crippen LogP contribution in [0.15, 0.2) is 42.5 Å². The molecular weight excluding hydrogens is 371 g/mol. The molecule has 0 aromatic heterocycles. The third kappa shape index (κ3) is 3.87. The summed E-state index contributed by atoms with van der Waals surface area (Å²) in [5.41, 5.74) is 2.57. The van der Waals surface area contributed by atoms with Crippen LogP contribution >= 0.6 is 23.2 Å². The van der Waals surface area contributed by atoms with E-state index in [0.29, 0.717) is 28.8 Å². The molecule has 0 saturated carbocycles. The van der Waals surface area contributed by atoms with Crippen LogP contribution in [-0.2, 0) is 9.59 Å². The van der Waals surface area contributed by atoms with Gasteiger partial charge in [-0.05, 0) is 49.7 Å². The number of hydrogen-bond donors (Lipinski definition) is 0. The van der Waals surface area contributed by atoms with Gasteiger partial charge in [0.05, 0.1) is 5.92 Å². The van der Waals surface area contributed by atoms with Gasteiger partial charge in [-0.3, -0.25) is 9.59 Å². The first kappa shape index (κ1) is 18.7. The molecule has 6 heteroatoms. The van der Waals surface area contributed by atoms with E-state index in [1.807, 2.05) is 38.1 Å². The lowest BCUT2D eigenvalue weighted by Crippen LogP contribution is -2.37. The minimum Gasteiger partial charge on any atom is -0.312 e. The molecule has 3 rings (SSSR count). The zero-order chi connectivity index (χ0) is 18.8. The maximum absolute atomic E-state index is 13.0. The van der Waals surface area contributed by atoms with Crippen LogP contribution in [0.3, 0.4) is 0 Å². The maximum Gasteiger partial charge on any atom is 0.232 e. The number of amides is 2. The first-order valence-electron chi connectivity index (χ1n) is 8.53. The van der Waals surface area contributed by atoms with E-state index >= 15 is 0 Å². The average Bonchev–Trinajstić information content (AvgIpc) is 2.96. The fourth-order valence-electron chi connectivity index (χ4n) is 3.30. The van der Waals surface area contributed by atoms with E-state index in [1.165, 1.54) is 0 Å². The molecule has 0 spiro atoms. The minimum absolute atomic E-state index is 0.0397. The number of benzene rings is 2. The predicted molar refractivity (Wildman–Crippen MR) is 106 cm³/mol. The van der Waals surface area contributed by atoms with Gasteiger partial charge in [0.25, 0.3) is 0 Å². The molecule has 1 aliphatic rings. The second kappa shape index (κ2) is 7.68. The first-order valence-corrected chi connectivity index (χ1v) is 9.29. The zero-order valence-corrected chi connectivity index (χ0v) is 16.2. The standard InChI is InChI=1S/C20H20Cl2N2O2/c1-3-23(17-6-4-5-13(2)7-17)20(26)14-8-19(25)24(12-14)18-10-15(21)9-16(22)11-18/h4-7,9-11,14H,3,8,12H2,1-2H3. The SMILES string of the molecule is CCN(C(=O)C1CC(=O)N(c2cc(Cl)cc(Cl)c2)C1)c1cccc(C)c1. The molecule has 4 nitrogen and oxygen atoms in total. The Bertz CT molecular complexity index is 833. The monoisotopic (exact) mass is 390 g/mol. The molecule has 2 aromatic carbocycles. The number of carbonyl (C=O) groups is 2. The quantitative estimate of drug-likeness (QED) is 0.758. The summed E-state index contributed by atoms with van der Waals surface area (Å²) >= 11 is 12.1. The third-order valence-corrected chi connectivity index (χ3v) is 4.97. The van der Waals surface area contributed by atoms with Crippen LogP contribution in [0.2, 0.25) is 10.0 Å². The van der Waals surface area contributed by atoms with Crippen LogP contribution in [0.4, 0.5) is 11.4 Å². The number of aryl methyl sites for hydroxylation is 1. The highest BCUT2D eigenvalue weighted by Crippen LogP contribution is 2.31. The molecule has 2 amide bonds. The van der Waals surface area contributed by atoms with Gasteiger partial charge in [-0.2, -0.15) is 0 Å². The zero-order valence-electron chi connectivity index (χ0n) is 14.7. The fraction of sp³-hybridized carbons (Fsp3) is 0.300. The van der Waals surface area contributed by atoms with Gasteiger partial charge in [0, 0.05) is 40.9 Å². The van der Waals surface area contributed by atoms with Crippen molar-refractivity contribution in [2.45, 2.75) is 20.3 Å². The molecule has 0 aliphatic carbocycles. The number of halogens is 2. The Morgan fingerprint density at radius 1 is 1.19 bits per heavy atom. The summed E-state index contributed by atoms with van der Waals surface area (Å²) in [5, 5.41) is 0.926. The minimum atomic E-state index is -0.388. The normalized spacial score (nSPS) is 16.8. The summed E-state index contributed by atoms with van der Waals surface area (Å²) in [6, 6.07) is 12.8. The third-order valence-electron chi connectivity index (χ3n) is 4.53. The summed E-state index contributed by atoms with van der Waals surface area (Å²) in [6.45, 7) is 4.81. The summed E-state index contributed by atoms with van der Waals surface area (Å²) in [7, 11) is 0. The van der Waals surface area contributed by atoms with Crippen molar-refractivity contribution in [2.24, 2.45) is 5.92 Å². The Balaban J connectivity index is 1.81. The van der Waals surface area contributed by atoms with E-state index in [4.69, 9.17) is 23.2 Å². The van der Waals surface area contributed by atoms with Crippen molar-refractivity contribution < 1.29 is 9.59 Å². The molecule has 1 saturated heterocycles. The second-order valence-corrected chi connectivity index (χ2v) is 7.33. The Labute approximate surface area is 163 Å². The average molecular weight is 391 g/mol. The molecule has 0 bridgehead atoms. The molecule has 1 atom stereocenters. The van der Waals surface area contributed by atoms with E-state index in [2.05, 4.69) is 0 Å². The van der Waals surface area contributed by atoms with Crippen molar-refractivity contribution in [3.63, 3.8) is 0 Å². The van der Waals surface area contributed by atoms with Crippen LogP contribution in [-0.4, -0.2) is 24.9 Å². The van der Waals surface area contributed by atoms with Crippen molar-refractivity contribution in [3.05, 3.63) is 58.1 Å². The highest BCUT2D eigenvalue weighted by Gasteiger charge is 2.37. The van der Waals surface area contributed by atoms with Crippen molar-refractivity contribution in [3.8, 4) is 0 Å². The van der Waals surface area contributed by atoms with Crippen molar-refractivity contribution in [1.29, 1.82) is 0 Å².